The molecular formula is C17H27BrN2O. The predicted octanol–water partition coefficient (Wildman–Crippen LogP) is 3.56. The van der Waals surface area contributed by atoms with Crippen LogP contribution in [0, 0.1) is 0 Å². The van der Waals surface area contributed by atoms with Crippen LogP contribution in [0.4, 0.5) is 0 Å². The Labute approximate surface area is 137 Å². The van der Waals surface area contributed by atoms with Crippen LogP contribution >= 0.6 is 15.9 Å². The molecule has 0 aliphatic carbocycles. The van der Waals surface area contributed by atoms with E-state index in [1.165, 1.54) is 15.6 Å². The zero-order chi connectivity index (χ0) is 15.1. The summed E-state index contributed by atoms with van der Waals surface area (Å²) in [6.45, 7) is 10.3. The van der Waals surface area contributed by atoms with E-state index in [0.29, 0.717) is 6.10 Å². The Bertz CT molecular complexity index is 431. The van der Waals surface area contributed by atoms with E-state index in [2.05, 4.69) is 58.2 Å². The van der Waals surface area contributed by atoms with Gasteiger partial charge in [-0.2, -0.15) is 0 Å². The van der Waals surface area contributed by atoms with Crippen LogP contribution in [0.15, 0.2) is 22.7 Å². The molecule has 1 aliphatic heterocycles. The number of piperidine rings is 1. The molecule has 1 saturated heterocycles. The van der Waals surface area contributed by atoms with Gasteiger partial charge in [-0.05, 0) is 43.5 Å². The van der Waals surface area contributed by atoms with Gasteiger partial charge in [0.15, 0.2) is 0 Å². The molecule has 0 aromatic heterocycles. The maximum Gasteiger partial charge on any atom is 0.0599 e. The van der Waals surface area contributed by atoms with Crippen LogP contribution in [0.5, 0.6) is 0 Å². The van der Waals surface area contributed by atoms with Gasteiger partial charge in [-0.15, -0.1) is 0 Å². The molecule has 0 amide bonds. The van der Waals surface area contributed by atoms with E-state index in [1.807, 2.05) is 0 Å². The van der Waals surface area contributed by atoms with Crippen molar-refractivity contribution < 1.29 is 4.74 Å². The normalized spacial score (nSPS) is 17.3. The SMILES string of the molecule is CCNCc1ccc(CN2CCC(OCC)CC2)c(Br)c1. The molecule has 0 atom stereocenters. The van der Waals surface area contributed by atoms with Crippen LogP contribution in [0.25, 0.3) is 0 Å². The summed E-state index contributed by atoms with van der Waals surface area (Å²) >= 11 is 3.72. The molecule has 0 radical (unpaired) electrons. The Kier molecular flexibility index (Phi) is 7.17. The largest absolute Gasteiger partial charge is 0.378 e. The second kappa shape index (κ2) is 8.89. The lowest BCUT2D eigenvalue weighted by Gasteiger charge is -2.32. The first-order valence-electron chi connectivity index (χ1n) is 8.05. The maximum atomic E-state index is 5.72. The highest BCUT2D eigenvalue weighted by atomic mass is 79.9. The van der Waals surface area contributed by atoms with E-state index in [4.69, 9.17) is 4.74 Å². The lowest BCUT2D eigenvalue weighted by atomic mass is 10.1. The first-order valence-corrected chi connectivity index (χ1v) is 8.84. The molecule has 21 heavy (non-hydrogen) atoms. The number of halogens is 1. The van der Waals surface area contributed by atoms with Crippen molar-refractivity contribution in [2.75, 3.05) is 26.2 Å². The maximum absolute atomic E-state index is 5.72. The number of likely N-dealkylation sites (tertiary alicyclic amines) is 1. The molecule has 1 fully saturated rings. The Balaban J connectivity index is 1.86. The number of hydrogen-bond donors (Lipinski definition) is 1. The topological polar surface area (TPSA) is 24.5 Å². The van der Waals surface area contributed by atoms with E-state index in [-0.39, 0.29) is 0 Å². The van der Waals surface area contributed by atoms with Gasteiger partial charge >= 0.3 is 0 Å². The third kappa shape index (κ3) is 5.37. The summed E-state index contributed by atoms with van der Waals surface area (Å²) in [5.74, 6) is 0. The monoisotopic (exact) mass is 354 g/mol. The molecule has 1 aliphatic rings. The van der Waals surface area contributed by atoms with Crippen molar-refractivity contribution in [3.63, 3.8) is 0 Å². The smallest absolute Gasteiger partial charge is 0.0599 e. The van der Waals surface area contributed by atoms with Gasteiger partial charge in [0.05, 0.1) is 6.10 Å². The molecule has 4 heteroatoms. The summed E-state index contributed by atoms with van der Waals surface area (Å²) < 4.78 is 6.94. The summed E-state index contributed by atoms with van der Waals surface area (Å²) in [5, 5.41) is 3.36. The van der Waals surface area contributed by atoms with Gasteiger partial charge in [-0.25, -0.2) is 0 Å². The molecule has 1 N–H and O–H groups in total. The molecule has 3 nitrogen and oxygen atoms in total. The fourth-order valence-electron chi connectivity index (χ4n) is 2.81. The van der Waals surface area contributed by atoms with Gasteiger partial charge in [0.1, 0.15) is 0 Å². The zero-order valence-corrected chi connectivity index (χ0v) is 14.8. The molecule has 1 aromatic rings. The third-order valence-electron chi connectivity index (χ3n) is 4.03. The third-order valence-corrected chi connectivity index (χ3v) is 4.77. The number of benzene rings is 1. The predicted molar refractivity (Wildman–Crippen MR) is 91.4 cm³/mol. The molecule has 1 heterocycles. The molecule has 0 spiro atoms. The zero-order valence-electron chi connectivity index (χ0n) is 13.2. The molecule has 0 unspecified atom stereocenters. The highest BCUT2D eigenvalue weighted by Gasteiger charge is 2.19. The van der Waals surface area contributed by atoms with Crippen molar-refractivity contribution in [1.82, 2.24) is 10.2 Å². The summed E-state index contributed by atoms with van der Waals surface area (Å²) in [6.07, 6.45) is 2.78. The Morgan fingerprint density at radius 2 is 2.05 bits per heavy atom. The summed E-state index contributed by atoms with van der Waals surface area (Å²) in [4.78, 5) is 2.53. The minimum Gasteiger partial charge on any atom is -0.378 e. The van der Waals surface area contributed by atoms with Crippen LogP contribution < -0.4 is 5.32 Å². The standard InChI is InChI=1S/C17H27BrN2O/c1-3-19-12-14-5-6-15(17(18)11-14)13-20-9-7-16(8-10-20)21-4-2/h5-6,11,16,19H,3-4,7-10,12-13H2,1-2H3. The summed E-state index contributed by atoms with van der Waals surface area (Å²) in [5.41, 5.74) is 2.72. The first-order chi connectivity index (χ1) is 10.2. The lowest BCUT2D eigenvalue weighted by Crippen LogP contribution is -2.36. The fourth-order valence-corrected chi connectivity index (χ4v) is 3.36. The van der Waals surface area contributed by atoms with Gasteiger partial charge < -0.3 is 10.1 Å². The second-order valence-electron chi connectivity index (χ2n) is 5.64. The van der Waals surface area contributed by atoms with E-state index < -0.39 is 0 Å². The lowest BCUT2D eigenvalue weighted by molar-refractivity contribution is 0.0125. The highest BCUT2D eigenvalue weighted by Crippen LogP contribution is 2.22. The Hall–Kier alpha value is -0.420. The van der Waals surface area contributed by atoms with E-state index in [1.54, 1.807) is 0 Å². The molecule has 118 valence electrons. The van der Waals surface area contributed by atoms with Gasteiger partial charge in [0.25, 0.3) is 0 Å². The van der Waals surface area contributed by atoms with Crippen LogP contribution in [0.1, 0.15) is 37.8 Å². The van der Waals surface area contributed by atoms with Crippen LogP contribution in [0.3, 0.4) is 0 Å². The first kappa shape index (κ1) is 16.9. The Morgan fingerprint density at radius 3 is 2.67 bits per heavy atom. The summed E-state index contributed by atoms with van der Waals surface area (Å²) in [6, 6.07) is 6.73. The van der Waals surface area contributed by atoms with Crippen LogP contribution in [-0.4, -0.2) is 37.2 Å². The molecule has 0 saturated carbocycles. The molecule has 2 rings (SSSR count). The van der Waals surface area contributed by atoms with E-state index in [0.717, 1.165) is 52.2 Å². The van der Waals surface area contributed by atoms with E-state index in [9.17, 15) is 0 Å². The Morgan fingerprint density at radius 1 is 1.29 bits per heavy atom. The number of hydrogen-bond acceptors (Lipinski definition) is 3. The number of nitrogens with zero attached hydrogens (tertiary/aromatic N) is 1. The van der Waals surface area contributed by atoms with Gasteiger partial charge in [-0.3, -0.25) is 4.90 Å². The van der Waals surface area contributed by atoms with E-state index >= 15 is 0 Å². The average Bonchev–Trinajstić information content (AvgIpc) is 2.50. The van der Waals surface area contributed by atoms with Crippen LogP contribution in [0.2, 0.25) is 0 Å². The van der Waals surface area contributed by atoms with Crippen molar-refractivity contribution in [2.45, 2.75) is 45.9 Å². The number of nitrogens with one attached hydrogen (secondary N) is 1. The van der Waals surface area contributed by atoms with Crippen molar-refractivity contribution in [1.29, 1.82) is 0 Å². The minimum absolute atomic E-state index is 0.470. The fraction of sp³-hybridized carbons (Fsp3) is 0.647. The minimum atomic E-state index is 0.470. The van der Waals surface area contributed by atoms with Crippen molar-refractivity contribution in [2.24, 2.45) is 0 Å². The quantitative estimate of drug-likeness (QED) is 0.810. The molecular weight excluding hydrogens is 328 g/mol. The molecule has 1 aromatic carbocycles. The van der Waals surface area contributed by atoms with Crippen molar-refractivity contribution in [3.8, 4) is 0 Å². The van der Waals surface area contributed by atoms with Crippen molar-refractivity contribution >= 4 is 15.9 Å². The van der Waals surface area contributed by atoms with Crippen molar-refractivity contribution in [3.05, 3.63) is 33.8 Å². The van der Waals surface area contributed by atoms with Gasteiger partial charge in [0.2, 0.25) is 0 Å². The highest BCUT2D eigenvalue weighted by molar-refractivity contribution is 9.10. The second-order valence-corrected chi connectivity index (χ2v) is 6.49. The van der Waals surface area contributed by atoms with Gasteiger partial charge in [0, 0.05) is 37.3 Å². The number of ether oxygens (including phenoxy) is 1. The average molecular weight is 355 g/mol. The molecule has 0 bridgehead atoms. The summed E-state index contributed by atoms with van der Waals surface area (Å²) in [7, 11) is 0. The van der Waals surface area contributed by atoms with Gasteiger partial charge in [-0.1, -0.05) is 35.0 Å². The number of rotatable bonds is 7. The van der Waals surface area contributed by atoms with Crippen LogP contribution in [-0.2, 0) is 17.8 Å².